The Labute approximate surface area is 54.8 Å². The fourth-order valence-electron chi connectivity index (χ4n) is 1.33. The summed E-state index contributed by atoms with van der Waals surface area (Å²) in [4.78, 5) is 4.38. The molecular formula is C6H13NO2. The first kappa shape index (κ1) is 6.99. The highest BCUT2D eigenvalue weighted by Gasteiger charge is 2.30. The molecule has 1 rings (SSSR count). The summed E-state index contributed by atoms with van der Waals surface area (Å²) >= 11 is 0. The SMILES string of the molecule is NOCC1(O)CCCC1. The van der Waals surface area contributed by atoms with Crippen molar-refractivity contribution in [1.82, 2.24) is 0 Å². The Kier molecular flexibility index (Phi) is 2.05. The van der Waals surface area contributed by atoms with Crippen molar-refractivity contribution >= 4 is 0 Å². The summed E-state index contributed by atoms with van der Waals surface area (Å²) in [6.07, 6.45) is 3.87. The van der Waals surface area contributed by atoms with Crippen LogP contribution in [0.25, 0.3) is 0 Å². The van der Waals surface area contributed by atoms with Gasteiger partial charge in [0, 0.05) is 0 Å². The van der Waals surface area contributed by atoms with Gasteiger partial charge in [-0.25, -0.2) is 5.90 Å². The van der Waals surface area contributed by atoms with Gasteiger partial charge in [-0.1, -0.05) is 12.8 Å². The molecule has 0 radical (unpaired) electrons. The molecule has 3 heteroatoms. The van der Waals surface area contributed by atoms with Gasteiger partial charge in [0.1, 0.15) is 0 Å². The van der Waals surface area contributed by atoms with Gasteiger partial charge in [0.15, 0.2) is 0 Å². The molecule has 3 N–H and O–H groups in total. The minimum atomic E-state index is -0.602. The van der Waals surface area contributed by atoms with Crippen LogP contribution < -0.4 is 5.90 Å². The second-order valence-corrected chi connectivity index (χ2v) is 2.74. The van der Waals surface area contributed by atoms with Crippen molar-refractivity contribution in [3.8, 4) is 0 Å². The first-order valence-corrected chi connectivity index (χ1v) is 3.31. The van der Waals surface area contributed by atoms with Crippen molar-refractivity contribution in [1.29, 1.82) is 0 Å². The van der Waals surface area contributed by atoms with Gasteiger partial charge in [-0.2, -0.15) is 0 Å². The molecule has 0 heterocycles. The van der Waals surface area contributed by atoms with Gasteiger partial charge in [0.25, 0.3) is 0 Å². The fraction of sp³-hybridized carbons (Fsp3) is 1.00. The monoisotopic (exact) mass is 131 g/mol. The van der Waals surface area contributed by atoms with Crippen molar-refractivity contribution < 1.29 is 9.94 Å². The lowest BCUT2D eigenvalue weighted by molar-refractivity contribution is -0.0422. The molecule has 0 amide bonds. The largest absolute Gasteiger partial charge is 0.387 e. The Morgan fingerprint density at radius 3 is 2.44 bits per heavy atom. The quantitative estimate of drug-likeness (QED) is 0.526. The molecule has 0 atom stereocenters. The Hall–Kier alpha value is -0.120. The Balaban J connectivity index is 2.32. The van der Waals surface area contributed by atoms with Gasteiger partial charge < -0.3 is 9.94 Å². The van der Waals surface area contributed by atoms with Crippen molar-refractivity contribution in [2.45, 2.75) is 31.3 Å². The zero-order valence-electron chi connectivity index (χ0n) is 5.47. The van der Waals surface area contributed by atoms with E-state index in [0.717, 1.165) is 25.7 Å². The van der Waals surface area contributed by atoms with Crippen LogP contribution in [-0.4, -0.2) is 17.3 Å². The summed E-state index contributed by atoms with van der Waals surface area (Å²) in [5.74, 6) is 4.83. The molecule has 1 aliphatic carbocycles. The van der Waals surface area contributed by atoms with Crippen LogP contribution in [0.2, 0.25) is 0 Å². The van der Waals surface area contributed by atoms with Crippen LogP contribution in [0.3, 0.4) is 0 Å². The Bertz CT molecular complexity index is 89.1. The normalized spacial score (nSPS) is 24.7. The smallest absolute Gasteiger partial charge is 0.0966 e. The zero-order chi connectivity index (χ0) is 6.74. The molecule has 1 aliphatic rings. The van der Waals surface area contributed by atoms with Gasteiger partial charge in [-0.05, 0) is 12.8 Å². The molecule has 0 aromatic rings. The maximum atomic E-state index is 9.49. The second kappa shape index (κ2) is 2.64. The lowest BCUT2D eigenvalue weighted by Gasteiger charge is -2.19. The van der Waals surface area contributed by atoms with Crippen molar-refractivity contribution in [2.24, 2.45) is 5.90 Å². The molecule has 0 bridgehead atoms. The van der Waals surface area contributed by atoms with Gasteiger partial charge in [-0.15, -0.1) is 0 Å². The summed E-state index contributed by atoms with van der Waals surface area (Å²) in [5, 5.41) is 9.49. The highest BCUT2D eigenvalue weighted by atomic mass is 16.6. The number of rotatable bonds is 2. The molecule has 54 valence electrons. The summed E-state index contributed by atoms with van der Waals surface area (Å²) in [7, 11) is 0. The summed E-state index contributed by atoms with van der Waals surface area (Å²) in [6.45, 7) is 0.285. The topological polar surface area (TPSA) is 55.5 Å². The van der Waals surface area contributed by atoms with E-state index in [4.69, 9.17) is 5.90 Å². The lowest BCUT2D eigenvalue weighted by atomic mass is 10.1. The maximum Gasteiger partial charge on any atom is 0.0966 e. The van der Waals surface area contributed by atoms with E-state index in [1.54, 1.807) is 0 Å². The van der Waals surface area contributed by atoms with E-state index in [2.05, 4.69) is 4.84 Å². The lowest BCUT2D eigenvalue weighted by Crippen LogP contribution is -2.31. The van der Waals surface area contributed by atoms with Crippen molar-refractivity contribution in [2.75, 3.05) is 6.61 Å². The minimum Gasteiger partial charge on any atom is -0.387 e. The zero-order valence-corrected chi connectivity index (χ0v) is 5.47. The van der Waals surface area contributed by atoms with Crippen LogP contribution in [0.5, 0.6) is 0 Å². The third kappa shape index (κ3) is 1.64. The third-order valence-electron chi connectivity index (χ3n) is 1.89. The minimum absolute atomic E-state index is 0.285. The third-order valence-corrected chi connectivity index (χ3v) is 1.89. The average molecular weight is 131 g/mol. The van der Waals surface area contributed by atoms with Gasteiger partial charge in [-0.3, -0.25) is 0 Å². The summed E-state index contributed by atoms with van der Waals surface area (Å²) in [6, 6.07) is 0. The van der Waals surface area contributed by atoms with Crippen molar-refractivity contribution in [3.63, 3.8) is 0 Å². The van der Waals surface area contributed by atoms with Crippen LogP contribution in [0, 0.1) is 0 Å². The van der Waals surface area contributed by atoms with E-state index >= 15 is 0 Å². The summed E-state index contributed by atoms with van der Waals surface area (Å²) in [5.41, 5.74) is -0.602. The molecular weight excluding hydrogens is 118 g/mol. The molecule has 1 fully saturated rings. The number of hydrogen-bond acceptors (Lipinski definition) is 3. The second-order valence-electron chi connectivity index (χ2n) is 2.74. The molecule has 0 aromatic carbocycles. The first-order chi connectivity index (χ1) is 4.27. The Morgan fingerprint density at radius 2 is 2.00 bits per heavy atom. The molecule has 3 nitrogen and oxygen atoms in total. The van der Waals surface area contributed by atoms with Gasteiger partial charge in [0.05, 0.1) is 12.2 Å². The molecule has 0 unspecified atom stereocenters. The van der Waals surface area contributed by atoms with Crippen LogP contribution in [0.15, 0.2) is 0 Å². The molecule has 9 heavy (non-hydrogen) atoms. The summed E-state index contributed by atoms with van der Waals surface area (Å²) < 4.78 is 0. The standard InChI is InChI=1S/C6H13NO2/c7-9-5-6(8)3-1-2-4-6/h8H,1-5,7H2. The molecule has 0 spiro atoms. The number of nitrogens with two attached hydrogens (primary N) is 1. The van der Waals surface area contributed by atoms with E-state index in [9.17, 15) is 5.11 Å². The highest BCUT2D eigenvalue weighted by Crippen LogP contribution is 2.28. The Morgan fingerprint density at radius 1 is 1.44 bits per heavy atom. The van der Waals surface area contributed by atoms with Crippen LogP contribution >= 0.6 is 0 Å². The molecule has 1 saturated carbocycles. The number of hydrogen-bond donors (Lipinski definition) is 2. The average Bonchev–Trinajstić information content (AvgIpc) is 2.16. The van der Waals surface area contributed by atoms with Crippen LogP contribution in [0.1, 0.15) is 25.7 Å². The first-order valence-electron chi connectivity index (χ1n) is 3.31. The molecule has 0 aliphatic heterocycles. The fourth-order valence-corrected chi connectivity index (χ4v) is 1.33. The predicted octanol–water partition coefficient (Wildman–Crippen LogP) is 0.182. The van der Waals surface area contributed by atoms with Gasteiger partial charge in [0.2, 0.25) is 0 Å². The maximum absolute atomic E-state index is 9.49. The molecule has 0 aromatic heterocycles. The predicted molar refractivity (Wildman–Crippen MR) is 33.6 cm³/mol. The van der Waals surface area contributed by atoms with E-state index in [1.807, 2.05) is 0 Å². The van der Waals surface area contributed by atoms with E-state index in [0.29, 0.717) is 0 Å². The van der Waals surface area contributed by atoms with Crippen molar-refractivity contribution in [3.05, 3.63) is 0 Å². The highest BCUT2D eigenvalue weighted by molar-refractivity contribution is 4.83. The van der Waals surface area contributed by atoms with Crippen LogP contribution in [0.4, 0.5) is 0 Å². The number of aliphatic hydroxyl groups is 1. The van der Waals surface area contributed by atoms with E-state index < -0.39 is 5.60 Å². The molecule has 0 saturated heterocycles. The van der Waals surface area contributed by atoms with Crippen LogP contribution in [-0.2, 0) is 4.84 Å². The van der Waals surface area contributed by atoms with Gasteiger partial charge >= 0.3 is 0 Å². The van der Waals surface area contributed by atoms with E-state index in [-0.39, 0.29) is 6.61 Å². The van der Waals surface area contributed by atoms with E-state index in [1.165, 1.54) is 0 Å².